The van der Waals surface area contributed by atoms with E-state index in [0.29, 0.717) is 31.1 Å². The van der Waals surface area contributed by atoms with Crippen molar-refractivity contribution in [3.05, 3.63) is 42.5 Å². The molecule has 3 amide bonds. The molecule has 1 atom stereocenters. The lowest BCUT2D eigenvalue weighted by Crippen LogP contribution is -2.48. The number of carbonyl (C=O) groups is 2. The average molecular weight is 445 g/mol. The Hall–Kier alpha value is -2.65. The number of hydrogen-bond acceptors (Lipinski definition) is 4. The lowest BCUT2D eigenvalue weighted by atomic mass is 9.98. The largest absolute Gasteiger partial charge is 0.341 e. The Morgan fingerprint density at radius 3 is 2.61 bits per heavy atom. The summed E-state index contributed by atoms with van der Waals surface area (Å²) in [7, 11) is -3.82. The molecule has 0 spiro atoms. The third kappa shape index (κ3) is 5.54. The predicted octanol–water partition coefficient (Wildman–Crippen LogP) is 1.82. The van der Waals surface area contributed by atoms with E-state index in [2.05, 4.69) is 15.4 Å². The number of rotatable bonds is 7. The number of sulfonamides is 1. The molecule has 0 bridgehead atoms. The molecule has 2 fully saturated rings. The topological polar surface area (TPSA) is 108 Å². The summed E-state index contributed by atoms with van der Waals surface area (Å²) >= 11 is 0. The van der Waals surface area contributed by atoms with Crippen LogP contribution in [0.1, 0.15) is 25.7 Å². The van der Waals surface area contributed by atoms with Crippen LogP contribution in [0.25, 0.3) is 10.8 Å². The monoisotopic (exact) mass is 444 g/mol. The van der Waals surface area contributed by atoms with Gasteiger partial charge in [0.25, 0.3) is 0 Å². The van der Waals surface area contributed by atoms with Crippen molar-refractivity contribution < 1.29 is 18.0 Å². The van der Waals surface area contributed by atoms with E-state index in [0.717, 1.165) is 31.1 Å². The summed E-state index contributed by atoms with van der Waals surface area (Å²) in [5, 5.41) is 7.21. The van der Waals surface area contributed by atoms with Crippen molar-refractivity contribution in [2.75, 3.05) is 26.2 Å². The van der Waals surface area contributed by atoms with Crippen LogP contribution in [0.4, 0.5) is 4.79 Å². The minimum Gasteiger partial charge on any atom is -0.341 e. The molecule has 8 nitrogen and oxygen atoms in total. The molecule has 9 heteroatoms. The second kappa shape index (κ2) is 9.23. The summed E-state index contributed by atoms with van der Waals surface area (Å²) in [6.07, 6.45) is 3.83. The van der Waals surface area contributed by atoms with Crippen molar-refractivity contribution >= 4 is 32.7 Å². The third-order valence-corrected chi connectivity index (χ3v) is 7.25. The van der Waals surface area contributed by atoms with Crippen molar-refractivity contribution in [2.45, 2.75) is 36.6 Å². The molecule has 4 rings (SSSR count). The number of hydrogen-bond donors (Lipinski definition) is 3. The summed E-state index contributed by atoms with van der Waals surface area (Å²) < 4.78 is 28.1. The zero-order chi connectivity index (χ0) is 21.8. The Labute approximate surface area is 182 Å². The maximum atomic E-state index is 12.8. The average Bonchev–Trinajstić information content (AvgIpc) is 3.60. The van der Waals surface area contributed by atoms with Crippen LogP contribution < -0.4 is 15.4 Å². The Bertz CT molecular complexity index is 1060. The van der Waals surface area contributed by atoms with Gasteiger partial charge in [0.05, 0.1) is 11.4 Å². The molecular weight excluding hydrogens is 416 g/mol. The normalized spacial score (nSPS) is 19.2. The second-order valence-electron chi connectivity index (χ2n) is 8.28. The highest BCUT2D eigenvalue weighted by atomic mass is 32.2. The van der Waals surface area contributed by atoms with Crippen molar-refractivity contribution in [1.82, 2.24) is 20.3 Å². The predicted molar refractivity (Wildman–Crippen MR) is 118 cm³/mol. The summed E-state index contributed by atoms with van der Waals surface area (Å²) in [5.74, 6) is -0.0896. The van der Waals surface area contributed by atoms with Crippen molar-refractivity contribution in [3.63, 3.8) is 0 Å². The molecule has 2 aromatic rings. The molecular formula is C22H28N4O4S. The molecule has 0 radical (unpaired) electrons. The minimum atomic E-state index is -3.82. The molecule has 0 aromatic heterocycles. The van der Waals surface area contributed by atoms with E-state index in [-0.39, 0.29) is 29.3 Å². The first-order chi connectivity index (χ1) is 14.9. The Morgan fingerprint density at radius 1 is 1.03 bits per heavy atom. The molecule has 3 N–H and O–H groups in total. The van der Waals surface area contributed by atoms with E-state index in [1.807, 2.05) is 18.2 Å². The van der Waals surface area contributed by atoms with Crippen LogP contribution in [0.2, 0.25) is 0 Å². The van der Waals surface area contributed by atoms with Gasteiger partial charge in [-0.3, -0.25) is 4.79 Å². The molecule has 2 aliphatic rings. The van der Waals surface area contributed by atoms with E-state index in [1.54, 1.807) is 29.2 Å². The maximum absolute atomic E-state index is 12.8. The number of likely N-dealkylation sites (tertiary alicyclic amines) is 1. The van der Waals surface area contributed by atoms with Crippen LogP contribution in [-0.2, 0) is 14.8 Å². The first kappa shape index (κ1) is 21.6. The van der Waals surface area contributed by atoms with Gasteiger partial charge in [0.1, 0.15) is 0 Å². The number of carbonyl (C=O) groups excluding carboxylic acids is 2. The Morgan fingerprint density at radius 2 is 1.81 bits per heavy atom. The van der Waals surface area contributed by atoms with E-state index in [1.165, 1.54) is 0 Å². The zero-order valence-corrected chi connectivity index (χ0v) is 18.2. The molecule has 1 saturated heterocycles. The summed E-state index contributed by atoms with van der Waals surface area (Å²) in [6.45, 7) is 1.33. The van der Waals surface area contributed by atoms with Gasteiger partial charge in [0.2, 0.25) is 15.9 Å². The van der Waals surface area contributed by atoms with Gasteiger partial charge < -0.3 is 15.5 Å². The van der Waals surface area contributed by atoms with Crippen LogP contribution in [0.15, 0.2) is 47.4 Å². The van der Waals surface area contributed by atoms with Gasteiger partial charge in [-0.1, -0.05) is 36.4 Å². The Balaban J connectivity index is 1.31. The molecule has 1 heterocycles. The van der Waals surface area contributed by atoms with Crippen LogP contribution >= 0.6 is 0 Å². The fraction of sp³-hybridized carbons (Fsp3) is 0.455. The smallest absolute Gasteiger partial charge is 0.315 e. The van der Waals surface area contributed by atoms with Crippen molar-refractivity contribution in [1.29, 1.82) is 0 Å². The molecule has 31 heavy (non-hydrogen) atoms. The van der Waals surface area contributed by atoms with E-state index >= 15 is 0 Å². The standard InChI is InChI=1S/C22H28N4O4S/c27-21(26-12-4-5-16(15-26)13-23-22(28)25-18-10-11-18)14-24-31(29,30)20-9-3-7-17-6-1-2-8-19(17)20/h1-3,6-9,16,18,24H,4-5,10-15H2,(H2,23,25,28). The maximum Gasteiger partial charge on any atom is 0.315 e. The minimum absolute atomic E-state index is 0.159. The summed E-state index contributed by atoms with van der Waals surface area (Å²) in [4.78, 5) is 26.3. The number of nitrogens with one attached hydrogen (secondary N) is 3. The number of benzene rings is 2. The van der Waals surface area contributed by atoms with Crippen LogP contribution in [0.5, 0.6) is 0 Å². The van der Waals surface area contributed by atoms with Crippen LogP contribution in [0.3, 0.4) is 0 Å². The molecule has 1 aliphatic carbocycles. The van der Waals surface area contributed by atoms with Crippen LogP contribution in [0, 0.1) is 5.92 Å². The number of urea groups is 1. The van der Waals surface area contributed by atoms with Gasteiger partial charge in [-0.25, -0.2) is 17.9 Å². The third-order valence-electron chi connectivity index (χ3n) is 5.79. The van der Waals surface area contributed by atoms with Crippen LogP contribution in [-0.4, -0.2) is 57.5 Å². The zero-order valence-electron chi connectivity index (χ0n) is 17.3. The van der Waals surface area contributed by atoms with E-state index < -0.39 is 10.0 Å². The lowest BCUT2D eigenvalue weighted by Gasteiger charge is -2.33. The van der Waals surface area contributed by atoms with Gasteiger partial charge in [-0.2, -0.15) is 0 Å². The molecule has 1 unspecified atom stereocenters. The van der Waals surface area contributed by atoms with E-state index in [9.17, 15) is 18.0 Å². The van der Waals surface area contributed by atoms with Gasteiger partial charge >= 0.3 is 6.03 Å². The fourth-order valence-electron chi connectivity index (χ4n) is 3.94. The molecule has 166 valence electrons. The molecule has 1 aliphatic heterocycles. The van der Waals surface area contributed by atoms with Gasteiger partial charge in [0, 0.05) is 31.1 Å². The summed E-state index contributed by atoms with van der Waals surface area (Å²) in [5.41, 5.74) is 0. The highest BCUT2D eigenvalue weighted by Crippen LogP contribution is 2.23. The SMILES string of the molecule is O=C(NCC1CCCN(C(=O)CNS(=O)(=O)c2cccc3ccccc23)C1)NC1CC1. The quantitative estimate of drug-likeness (QED) is 0.605. The molecule has 2 aromatic carbocycles. The number of piperidine rings is 1. The van der Waals surface area contributed by atoms with Crippen molar-refractivity contribution in [2.24, 2.45) is 5.92 Å². The van der Waals surface area contributed by atoms with Gasteiger partial charge in [-0.05, 0) is 43.1 Å². The lowest BCUT2D eigenvalue weighted by molar-refractivity contribution is -0.131. The number of nitrogens with zero attached hydrogens (tertiary/aromatic N) is 1. The summed E-state index contributed by atoms with van der Waals surface area (Å²) in [6, 6.07) is 12.5. The fourth-order valence-corrected chi connectivity index (χ4v) is 5.14. The van der Waals surface area contributed by atoms with Gasteiger partial charge in [0.15, 0.2) is 0 Å². The second-order valence-corrected chi connectivity index (χ2v) is 10.0. The number of amides is 3. The first-order valence-electron chi connectivity index (χ1n) is 10.7. The highest BCUT2D eigenvalue weighted by molar-refractivity contribution is 7.89. The van der Waals surface area contributed by atoms with E-state index in [4.69, 9.17) is 0 Å². The van der Waals surface area contributed by atoms with Gasteiger partial charge in [-0.15, -0.1) is 0 Å². The number of fused-ring (bicyclic) bond motifs is 1. The van der Waals surface area contributed by atoms with Crippen molar-refractivity contribution in [3.8, 4) is 0 Å². The first-order valence-corrected chi connectivity index (χ1v) is 12.2. The Kier molecular flexibility index (Phi) is 6.43. The molecule has 1 saturated carbocycles. The highest BCUT2D eigenvalue weighted by Gasteiger charge is 2.27.